The first kappa shape index (κ1) is 16.4. The number of nitrogens with zero attached hydrogens (tertiary/aromatic N) is 2. The summed E-state index contributed by atoms with van der Waals surface area (Å²) < 4.78 is 0. The van der Waals surface area contributed by atoms with Crippen LogP contribution in [0.1, 0.15) is 15.9 Å². The minimum atomic E-state index is -0.998. The fourth-order valence-corrected chi connectivity index (χ4v) is 3.00. The van der Waals surface area contributed by atoms with Gasteiger partial charge in [-0.3, -0.25) is 25.0 Å². The van der Waals surface area contributed by atoms with Crippen LogP contribution in [0.2, 0.25) is 0 Å². The summed E-state index contributed by atoms with van der Waals surface area (Å²) in [7, 11) is 0. The van der Waals surface area contributed by atoms with Crippen LogP contribution < -0.4 is 5.73 Å². The number of thioether (sulfide) groups is 1. The largest absolute Gasteiger partial charge is 0.365 e. The van der Waals surface area contributed by atoms with E-state index in [2.05, 4.69) is 0 Å². The zero-order chi connectivity index (χ0) is 17.0. The Bertz CT molecular complexity index is 779. The van der Waals surface area contributed by atoms with E-state index >= 15 is 0 Å². The van der Waals surface area contributed by atoms with Gasteiger partial charge in [0.25, 0.3) is 17.3 Å². The second-order valence-corrected chi connectivity index (χ2v) is 5.51. The smallest absolute Gasteiger partial charge is 0.290 e. The molecule has 2 N–H and O–H groups in total. The molecule has 0 radical (unpaired) electrons. The summed E-state index contributed by atoms with van der Waals surface area (Å²) in [5, 5.41) is 22.0. The van der Waals surface area contributed by atoms with E-state index in [4.69, 9.17) is 5.73 Å². The van der Waals surface area contributed by atoms with E-state index in [0.29, 0.717) is 5.75 Å². The third-order valence-corrected chi connectivity index (χ3v) is 4.07. The number of non-ortho nitro benzene ring substituents is 1. The van der Waals surface area contributed by atoms with Crippen molar-refractivity contribution in [1.82, 2.24) is 0 Å². The van der Waals surface area contributed by atoms with E-state index < -0.39 is 27.1 Å². The number of nitro groups is 2. The first-order valence-corrected chi connectivity index (χ1v) is 7.32. The molecule has 0 heterocycles. The predicted molar refractivity (Wildman–Crippen MR) is 84.3 cm³/mol. The number of amides is 1. The van der Waals surface area contributed by atoms with Gasteiger partial charge in [-0.05, 0) is 5.56 Å². The molecule has 23 heavy (non-hydrogen) atoms. The van der Waals surface area contributed by atoms with Gasteiger partial charge >= 0.3 is 0 Å². The molecule has 118 valence electrons. The normalized spacial score (nSPS) is 10.3. The summed E-state index contributed by atoms with van der Waals surface area (Å²) in [5.74, 6) is -0.610. The lowest BCUT2D eigenvalue weighted by Gasteiger charge is -2.07. The standard InChI is InChI=1S/C14H11N3O5S/c15-14(18)13-11(17(21)22)6-10(16(19)20)7-12(13)23-8-9-4-2-1-3-5-9/h1-7H,8H2,(H2,15,18). The van der Waals surface area contributed by atoms with Crippen LogP contribution in [0, 0.1) is 20.2 Å². The second-order valence-electron chi connectivity index (χ2n) is 4.49. The van der Waals surface area contributed by atoms with Gasteiger partial charge in [-0.25, -0.2) is 0 Å². The molecule has 0 atom stereocenters. The first-order chi connectivity index (χ1) is 10.9. The van der Waals surface area contributed by atoms with E-state index in [1.807, 2.05) is 30.3 Å². The maximum absolute atomic E-state index is 11.6. The zero-order valence-electron chi connectivity index (χ0n) is 11.7. The maximum Gasteiger partial charge on any atom is 0.290 e. The summed E-state index contributed by atoms with van der Waals surface area (Å²) in [6.07, 6.45) is 0. The van der Waals surface area contributed by atoms with Crippen LogP contribution in [0.15, 0.2) is 47.4 Å². The Balaban J connectivity index is 2.48. The molecule has 0 aliphatic carbocycles. The van der Waals surface area contributed by atoms with Gasteiger partial charge in [0, 0.05) is 16.7 Å². The van der Waals surface area contributed by atoms with E-state index in [0.717, 1.165) is 29.5 Å². The van der Waals surface area contributed by atoms with Crippen molar-refractivity contribution in [3.8, 4) is 0 Å². The summed E-state index contributed by atoms with van der Waals surface area (Å²) in [5.41, 5.74) is 4.68. The van der Waals surface area contributed by atoms with E-state index in [-0.39, 0.29) is 10.5 Å². The lowest BCUT2D eigenvalue weighted by atomic mass is 10.1. The topological polar surface area (TPSA) is 129 Å². The number of hydrogen-bond donors (Lipinski definition) is 1. The van der Waals surface area contributed by atoms with Crippen molar-refractivity contribution < 1.29 is 14.6 Å². The molecule has 0 fully saturated rings. The van der Waals surface area contributed by atoms with E-state index in [1.165, 1.54) is 0 Å². The molecular weight excluding hydrogens is 322 g/mol. The number of carbonyl (C=O) groups is 1. The number of benzene rings is 2. The Labute approximate surface area is 134 Å². The highest BCUT2D eigenvalue weighted by Gasteiger charge is 2.27. The average molecular weight is 333 g/mol. The molecule has 1 amide bonds. The van der Waals surface area contributed by atoms with Crippen molar-refractivity contribution in [2.24, 2.45) is 5.73 Å². The Morgan fingerprint density at radius 2 is 1.74 bits per heavy atom. The monoisotopic (exact) mass is 333 g/mol. The van der Waals surface area contributed by atoms with Gasteiger partial charge < -0.3 is 5.73 Å². The number of carbonyl (C=O) groups excluding carboxylic acids is 1. The number of primary amides is 1. The molecule has 2 rings (SSSR count). The lowest BCUT2D eigenvalue weighted by molar-refractivity contribution is -0.394. The molecule has 2 aromatic rings. The van der Waals surface area contributed by atoms with Crippen molar-refractivity contribution in [2.45, 2.75) is 10.6 Å². The second kappa shape index (κ2) is 6.88. The van der Waals surface area contributed by atoms with Crippen LogP contribution in [-0.2, 0) is 5.75 Å². The quantitative estimate of drug-likeness (QED) is 0.491. The number of rotatable bonds is 6. The molecule has 0 aliphatic rings. The van der Waals surface area contributed by atoms with Crippen molar-refractivity contribution in [3.63, 3.8) is 0 Å². The minimum Gasteiger partial charge on any atom is -0.365 e. The third-order valence-electron chi connectivity index (χ3n) is 2.96. The summed E-state index contributed by atoms with van der Waals surface area (Å²) in [6, 6.07) is 11.0. The number of nitrogens with two attached hydrogens (primary N) is 1. The maximum atomic E-state index is 11.6. The molecule has 0 unspecified atom stereocenters. The van der Waals surface area contributed by atoms with Crippen LogP contribution in [0.3, 0.4) is 0 Å². The van der Waals surface area contributed by atoms with Crippen LogP contribution in [-0.4, -0.2) is 15.8 Å². The highest BCUT2D eigenvalue weighted by Crippen LogP contribution is 2.35. The molecule has 2 aromatic carbocycles. The molecule has 0 saturated heterocycles. The van der Waals surface area contributed by atoms with Crippen LogP contribution in [0.25, 0.3) is 0 Å². The van der Waals surface area contributed by atoms with Gasteiger partial charge in [0.05, 0.1) is 15.9 Å². The van der Waals surface area contributed by atoms with Gasteiger partial charge in [-0.1, -0.05) is 30.3 Å². The van der Waals surface area contributed by atoms with Gasteiger partial charge in [-0.15, -0.1) is 11.8 Å². The molecule has 8 nitrogen and oxygen atoms in total. The Morgan fingerprint density at radius 1 is 1.09 bits per heavy atom. The van der Waals surface area contributed by atoms with Gasteiger partial charge in [0.2, 0.25) is 0 Å². The van der Waals surface area contributed by atoms with Gasteiger partial charge in [-0.2, -0.15) is 0 Å². The van der Waals surface area contributed by atoms with E-state index in [9.17, 15) is 25.0 Å². The molecule has 9 heteroatoms. The highest BCUT2D eigenvalue weighted by molar-refractivity contribution is 7.98. The summed E-state index contributed by atoms with van der Waals surface area (Å²) in [4.78, 5) is 32.1. The van der Waals surface area contributed by atoms with Gasteiger partial charge in [0.15, 0.2) is 0 Å². The number of hydrogen-bond acceptors (Lipinski definition) is 6. The van der Waals surface area contributed by atoms with Crippen molar-refractivity contribution >= 4 is 29.0 Å². The first-order valence-electron chi connectivity index (χ1n) is 6.33. The Hall–Kier alpha value is -2.94. The molecule has 0 bridgehead atoms. The predicted octanol–water partition coefficient (Wildman–Crippen LogP) is 2.89. The molecule has 0 aromatic heterocycles. The molecule has 0 saturated carbocycles. The van der Waals surface area contributed by atoms with Crippen LogP contribution in [0.4, 0.5) is 11.4 Å². The Kier molecular flexibility index (Phi) is 4.91. The SMILES string of the molecule is NC(=O)c1c(SCc2ccccc2)cc([N+](=O)[O-])cc1[N+](=O)[O-]. The molecular formula is C14H11N3O5S. The fraction of sp³-hybridized carbons (Fsp3) is 0.0714. The summed E-state index contributed by atoms with van der Waals surface area (Å²) >= 11 is 1.08. The fourth-order valence-electron chi connectivity index (χ4n) is 1.93. The highest BCUT2D eigenvalue weighted by atomic mass is 32.2. The molecule has 0 aliphatic heterocycles. The zero-order valence-corrected chi connectivity index (χ0v) is 12.5. The van der Waals surface area contributed by atoms with Crippen LogP contribution >= 0.6 is 11.8 Å². The minimum absolute atomic E-state index is 0.113. The summed E-state index contributed by atoms with van der Waals surface area (Å²) in [6.45, 7) is 0. The third kappa shape index (κ3) is 3.83. The van der Waals surface area contributed by atoms with Crippen molar-refractivity contribution in [1.29, 1.82) is 0 Å². The van der Waals surface area contributed by atoms with Crippen molar-refractivity contribution in [2.75, 3.05) is 0 Å². The van der Waals surface area contributed by atoms with E-state index in [1.54, 1.807) is 0 Å². The van der Waals surface area contributed by atoms with Gasteiger partial charge in [0.1, 0.15) is 5.56 Å². The van der Waals surface area contributed by atoms with Crippen molar-refractivity contribution in [3.05, 3.63) is 73.8 Å². The number of nitro benzene ring substituents is 2. The Morgan fingerprint density at radius 3 is 2.26 bits per heavy atom. The molecule has 0 spiro atoms. The van der Waals surface area contributed by atoms with Crippen LogP contribution in [0.5, 0.6) is 0 Å². The lowest BCUT2D eigenvalue weighted by Crippen LogP contribution is -2.15. The average Bonchev–Trinajstić information content (AvgIpc) is 2.52.